The van der Waals surface area contributed by atoms with Gasteiger partial charge in [0.05, 0.1) is 7.11 Å². The van der Waals surface area contributed by atoms with Crippen LogP contribution in [0, 0.1) is 0 Å². The molecule has 2 aromatic carbocycles. The maximum Gasteiger partial charge on any atom is 0.407 e. The zero-order valence-electron chi connectivity index (χ0n) is 19.7. The SMILES string of the molecule is COc1ccccc1CCC(=O)Nc1cccc(CNC(=O)CCNC(=O)OC(C)(C)C)c1. The average molecular weight is 456 g/mol. The summed E-state index contributed by atoms with van der Waals surface area (Å²) in [4.78, 5) is 36.0. The zero-order chi connectivity index (χ0) is 24.3. The number of carbonyl (C=O) groups is 3. The van der Waals surface area contributed by atoms with E-state index in [1.165, 1.54) is 0 Å². The van der Waals surface area contributed by atoms with E-state index in [0.29, 0.717) is 25.1 Å². The summed E-state index contributed by atoms with van der Waals surface area (Å²) in [5, 5.41) is 8.24. The Labute approximate surface area is 195 Å². The molecule has 0 aliphatic heterocycles. The molecule has 0 unspecified atom stereocenters. The molecule has 33 heavy (non-hydrogen) atoms. The molecule has 3 N–H and O–H groups in total. The molecule has 0 aliphatic carbocycles. The van der Waals surface area contributed by atoms with Gasteiger partial charge in [-0.3, -0.25) is 9.59 Å². The van der Waals surface area contributed by atoms with E-state index in [1.807, 2.05) is 42.5 Å². The van der Waals surface area contributed by atoms with Gasteiger partial charge < -0.3 is 25.4 Å². The number of anilines is 1. The first-order chi connectivity index (χ1) is 15.7. The molecule has 0 heterocycles. The van der Waals surface area contributed by atoms with Crippen LogP contribution in [0.1, 0.15) is 44.7 Å². The van der Waals surface area contributed by atoms with E-state index in [2.05, 4.69) is 16.0 Å². The lowest BCUT2D eigenvalue weighted by Gasteiger charge is -2.19. The second-order valence-corrected chi connectivity index (χ2v) is 8.52. The third-order valence-electron chi connectivity index (χ3n) is 4.53. The van der Waals surface area contributed by atoms with Crippen molar-refractivity contribution in [2.75, 3.05) is 19.0 Å². The fraction of sp³-hybridized carbons (Fsp3) is 0.400. The van der Waals surface area contributed by atoms with Gasteiger partial charge in [0, 0.05) is 31.6 Å². The smallest absolute Gasteiger partial charge is 0.407 e. The number of rotatable bonds is 10. The van der Waals surface area contributed by atoms with Crippen molar-refractivity contribution >= 4 is 23.6 Å². The van der Waals surface area contributed by atoms with Gasteiger partial charge in [-0.2, -0.15) is 0 Å². The Kier molecular flexibility index (Phi) is 9.72. The summed E-state index contributed by atoms with van der Waals surface area (Å²) >= 11 is 0. The molecule has 0 aromatic heterocycles. The normalized spacial score (nSPS) is 10.8. The van der Waals surface area contributed by atoms with Crippen molar-refractivity contribution in [1.29, 1.82) is 0 Å². The van der Waals surface area contributed by atoms with Gasteiger partial charge in [-0.15, -0.1) is 0 Å². The van der Waals surface area contributed by atoms with Gasteiger partial charge in [-0.1, -0.05) is 30.3 Å². The highest BCUT2D eigenvalue weighted by molar-refractivity contribution is 5.91. The van der Waals surface area contributed by atoms with Crippen LogP contribution in [0.5, 0.6) is 5.75 Å². The highest BCUT2D eigenvalue weighted by Gasteiger charge is 2.16. The molecule has 0 saturated carbocycles. The number of carbonyl (C=O) groups excluding carboxylic acids is 3. The van der Waals surface area contributed by atoms with Gasteiger partial charge >= 0.3 is 6.09 Å². The maximum atomic E-state index is 12.4. The summed E-state index contributed by atoms with van der Waals surface area (Å²) in [6.07, 6.45) is 0.484. The summed E-state index contributed by atoms with van der Waals surface area (Å²) in [6, 6.07) is 14.9. The van der Waals surface area contributed by atoms with Gasteiger partial charge in [0.25, 0.3) is 0 Å². The second kappa shape index (κ2) is 12.5. The Morgan fingerprint density at radius 1 is 0.909 bits per heavy atom. The average Bonchev–Trinajstić information content (AvgIpc) is 2.75. The first kappa shape index (κ1) is 25.7. The first-order valence-electron chi connectivity index (χ1n) is 10.9. The fourth-order valence-corrected chi connectivity index (χ4v) is 3.02. The minimum Gasteiger partial charge on any atom is -0.496 e. The van der Waals surface area contributed by atoms with Crippen LogP contribution in [0.4, 0.5) is 10.5 Å². The van der Waals surface area contributed by atoms with Crippen LogP contribution in [0.25, 0.3) is 0 Å². The lowest BCUT2D eigenvalue weighted by molar-refractivity contribution is -0.121. The van der Waals surface area contributed by atoms with Crippen molar-refractivity contribution in [2.45, 2.75) is 52.2 Å². The summed E-state index contributed by atoms with van der Waals surface area (Å²) < 4.78 is 10.4. The Hall–Kier alpha value is -3.55. The number of aryl methyl sites for hydroxylation is 1. The quantitative estimate of drug-likeness (QED) is 0.505. The number of ether oxygens (including phenoxy) is 2. The predicted molar refractivity (Wildman–Crippen MR) is 127 cm³/mol. The summed E-state index contributed by atoms with van der Waals surface area (Å²) in [5.74, 6) is 0.469. The number of amides is 3. The van der Waals surface area contributed by atoms with Gasteiger partial charge in [0.1, 0.15) is 11.4 Å². The molecular weight excluding hydrogens is 422 g/mol. The molecule has 0 aliphatic rings. The Balaban J connectivity index is 1.74. The third-order valence-corrected chi connectivity index (χ3v) is 4.53. The standard InChI is InChI=1S/C25H33N3O5/c1-25(2,3)33-24(31)26-15-14-22(29)27-17-18-8-7-10-20(16-18)28-23(30)13-12-19-9-5-6-11-21(19)32-4/h5-11,16H,12-15,17H2,1-4H3,(H,26,31)(H,27,29)(H,28,30). The number of benzene rings is 2. The first-order valence-corrected chi connectivity index (χ1v) is 10.9. The minimum atomic E-state index is -0.582. The molecule has 8 nitrogen and oxygen atoms in total. The van der Waals surface area contributed by atoms with E-state index in [1.54, 1.807) is 33.9 Å². The van der Waals surface area contributed by atoms with Crippen molar-refractivity contribution in [2.24, 2.45) is 0 Å². The van der Waals surface area contributed by atoms with Crippen LogP contribution in [-0.2, 0) is 27.3 Å². The molecule has 0 spiro atoms. The molecule has 0 saturated heterocycles. The number of hydrogen-bond acceptors (Lipinski definition) is 5. The van der Waals surface area contributed by atoms with Crippen LogP contribution < -0.4 is 20.7 Å². The van der Waals surface area contributed by atoms with Crippen molar-refractivity contribution in [3.63, 3.8) is 0 Å². The molecule has 0 atom stereocenters. The minimum absolute atomic E-state index is 0.102. The highest BCUT2D eigenvalue weighted by Crippen LogP contribution is 2.19. The number of methoxy groups -OCH3 is 1. The number of nitrogens with one attached hydrogen (secondary N) is 3. The molecule has 3 amide bonds. The van der Waals surface area contributed by atoms with Crippen LogP contribution in [0.2, 0.25) is 0 Å². The Morgan fingerprint density at radius 2 is 1.67 bits per heavy atom. The summed E-state index contributed by atoms with van der Waals surface area (Å²) in [7, 11) is 1.61. The molecule has 2 rings (SSSR count). The second-order valence-electron chi connectivity index (χ2n) is 8.52. The van der Waals surface area contributed by atoms with E-state index >= 15 is 0 Å². The van der Waals surface area contributed by atoms with Gasteiger partial charge in [0.2, 0.25) is 11.8 Å². The van der Waals surface area contributed by atoms with E-state index in [0.717, 1.165) is 16.9 Å². The molecule has 0 bridgehead atoms. The van der Waals surface area contributed by atoms with Crippen LogP contribution in [0.3, 0.4) is 0 Å². The van der Waals surface area contributed by atoms with E-state index < -0.39 is 11.7 Å². The highest BCUT2D eigenvalue weighted by atomic mass is 16.6. The molecule has 8 heteroatoms. The largest absolute Gasteiger partial charge is 0.496 e. The van der Waals surface area contributed by atoms with Crippen LogP contribution in [-0.4, -0.2) is 37.2 Å². The Morgan fingerprint density at radius 3 is 2.39 bits per heavy atom. The van der Waals surface area contributed by atoms with Crippen molar-refractivity contribution in [3.05, 3.63) is 59.7 Å². The van der Waals surface area contributed by atoms with Gasteiger partial charge in [-0.05, 0) is 56.5 Å². The van der Waals surface area contributed by atoms with Gasteiger partial charge in [0.15, 0.2) is 0 Å². The molecule has 0 fully saturated rings. The van der Waals surface area contributed by atoms with Gasteiger partial charge in [-0.25, -0.2) is 4.79 Å². The fourth-order valence-electron chi connectivity index (χ4n) is 3.02. The summed E-state index contributed by atoms with van der Waals surface area (Å²) in [5.41, 5.74) is 1.92. The monoisotopic (exact) mass is 455 g/mol. The van der Waals surface area contributed by atoms with E-state index in [4.69, 9.17) is 9.47 Å². The number of para-hydroxylation sites is 1. The molecule has 178 valence electrons. The molecule has 2 aromatic rings. The topological polar surface area (TPSA) is 106 Å². The van der Waals surface area contributed by atoms with Crippen molar-refractivity contribution in [1.82, 2.24) is 10.6 Å². The van der Waals surface area contributed by atoms with Crippen LogP contribution in [0.15, 0.2) is 48.5 Å². The molecular formula is C25H33N3O5. The zero-order valence-corrected chi connectivity index (χ0v) is 19.7. The summed E-state index contributed by atoms with van der Waals surface area (Å²) in [6.45, 7) is 5.82. The lowest BCUT2D eigenvalue weighted by atomic mass is 10.1. The number of hydrogen-bond donors (Lipinski definition) is 3. The van der Waals surface area contributed by atoms with E-state index in [9.17, 15) is 14.4 Å². The number of alkyl carbamates (subject to hydrolysis) is 1. The predicted octanol–water partition coefficient (Wildman–Crippen LogP) is 3.80. The molecule has 0 radical (unpaired) electrons. The third kappa shape index (κ3) is 10.1. The lowest BCUT2D eigenvalue weighted by Crippen LogP contribution is -2.35. The van der Waals surface area contributed by atoms with Crippen molar-refractivity contribution in [3.8, 4) is 5.75 Å². The van der Waals surface area contributed by atoms with Crippen LogP contribution >= 0.6 is 0 Å². The maximum absolute atomic E-state index is 12.4. The Bertz CT molecular complexity index is 953. The van der Waals surface area contributed by atoms with Crippen molar-refractivity contribution < 1.29 is 23.9 Å². The van der Waals surface area contributed by atoms with E-state index in [-0.39, 0.29) is 24.8 Å².